The number of fused-ring (bicyclic) bond motifs is 2. The molecule has 0 aliphatic heterocycles. The van der Waals surface area contributed by atoms with Gasteiger partial charge in [-0.2, -0.15) is 5.10 Å². The largest absolute Gasteiger partial charge is 0.351 e. The van der Waals surface area contributed by atoms with Crippen molar-refractivity contribution < 1.29 is 4.79 Å². The van der Waals surface area contributed by atoms with Crippen molar-refractivity contribution in [2.45, 2.75) is 13.3 Å². The van der Waals surface area contributed by atoms with Crippen molar-refractivity contribution in [2.75, 3.05) is 6.54 Å². The highest BCUT2D eigenvalue weighted by Gasteiger charge is 2.14. The van der Waals surface area contributed by atoms with E-state index in [0.29, 0.717) is 13.0 Å². The number of hydrogen-bond donors (Lipinski definition) is 1. The van der Waals surface area contributed by atoms with Crippen LogP contribution in [0.25, 0.3) is 15.9 Å². The lowest BCUT2D eigenvalue weighted by Gasteiger charge is -2.01. The number of rotatable bonds is 4. The summed E-state index contributed by atoms with van der Waals surface area (Å²) in [6, 6.07) is 7.82. The first-order valence-electron chi connectivity index (χ1n) is 7.76. The molecule has 4 heterocycles. The highest BCUT2D eigenvalue weighted by atomic mass is 32.1. The quantitative estimate of drug-likeness (QED) is 0.621. The molecule has 0 fully saturated rings. The molecular formula is C17H17N5OS. The molecule has 0 aliphatic rings. The second-order valence-corrected chi connectivity index (χ2v) is 6.77. The van der Waals surface area contributed by atoms with E-state index < -0.39 is 0 Å². The second kappa shape index (κ2) is 5.76. The summed E-state index contributed by atoms with van der Waals surface area (Å²) in [7, 11) is 1.90. The summed E-state index contributed by atoms with van der Waals surface area (Å²) in [5.74, 6) is -0.0423. The maximum Gasteiger partial charge on any atom is 0.261 e. The van der Waals surface area contributed by atoms with Crippen LogP contribution < -0.4 is 5.32 Å². The molecule has 1 amide bonds. The number of aromatic nitrogens is 4. The highest BCUT2D eigenvalue weighted by molar-refractivity contribution is 7.20. The molecule has 0 atom stereocenters. The number of amides is 1. The molecule has 0 bridgehead atoms. The van der Waals surface area contributed by atoms with Gasteiger partial charge in [0, 0.05) is 37.8 Å². The third-order valence-electron chi connectivity index (χ3n) is 4.00. The number of carbonyl (C=O) groups is 1. The van der Waals surface area contributed by atoms with Gasteiger partial charge in [0.15, 0.2) is 0 Å². The fourth-order valence-electron chi connectivity index (χ4n) is 2.82. The van der Waals surface area contributed by atoms with E-state index in [1.54, 1.807) is 0 Å². The van der Waals surface area contributed by atoms with Gasteiger partial charge in [-0.05, 0) is 25.1 Å². The zero-order valence-electron chi connectivity index (χ0n) is 13.5. The van der Waals surface area contributed by atoms with Gasteiger partial charge in [0.25, 0.3) is 5.91 Å². The summed E-state index contributed by atoms with van der Waals surface area (Å²) in [6.07, 6.45) is 4.67. The summed E-state index contributed by atoms with van der Waals surface area (Å²) in [6.45, 7) is 2.52. The molecule has 0 spiro atoms. The van der Waals surface area contributed by atoms with E-state index in [-0.39, 0.29) is 5.91 Å². The lowest BCUT2D eigenvalue weighted by atomic mass is 10.3. The Bertz CT molecular complexity index is 974. The lowest BCUT2D eigenvalue weighted by Crippen LogP contribution is -2.24. The number of nitrogens with zero attached hydrogens (tertiary/aromatic N) is 4. The number of pyridine rings is 1. The SMILES string of the molecule is Cc1nn(C)c2sc(C(=O)NCCc3cn4ccccc4n3)cc12. The first-order valence-corrected chi connectivity index (χ1v) is 8.57. The number of nitrogens with one attached hydrogen (secondary N) is 1. The number of aryl methyl sites for hydroxylation is 2. The molecule has 1 N–H and O–H groups in total. The van der Waals surface area contributed by atoms with Gasteiger partial charge >= 0.3 is 0 Å². The van der Waals surface area contributed by atoms with Gasteiger partial charge in [-0.25, -0.2) is 4.98 Å². The molecule has 7 heteroatoms. The molecule has 0 unspecified atom stereocenters. The monoisotopic (exact) mass is 339 g/mol. The van der Waals surface area contributed by atoms with Crippen molar-refractivity contribution in [1.29, 1.82) is 0 Å². The van der Waals surface area contributed by atoms with Crippen LogP contribution in [0.1, 0.15) is 21.1 Å². The van der Waals surface area contributed by atoms with Crippen LogP contribution in [0.3, 0.4) is 0 Å². The summed E-state index contributed by atoms with van der Waals surface area (Å²) in [5.41, 5.74) is 2.84. The van der Waals surface area contributed by atoms with Gasteiger partial charge in [-0.1, -0.05) is 6.07 Å². The Hall–Kier alpha value is -2.67. The predicted molar refractivity (Wildman–Crippen MR) is 94.6 cm³/mol. The van der Waals surface area contributed by atoms with Crippen LogP contribution in [0.4, 0.5) is 0 Å². The minimum absolute atomic E-state index is 0.0423. The van der Waals surface area contributed by atoms with E-state index in [1.165, 1.54) is 11.3 Å². The summed E-state index contributed by atoms with van der Waals surface area (Å²) in [5, 5.41) is 8.38. The average molecular weight is 339 g/mol. The van der Waals surface area contributed by atoms with Crippen LogP contribution in [0.2, 0.25) is 0 Å². The number of imidazole rings is 1. The number of hydrogen-bond acceptors (Lipinski definition) is 4. The van der Waals surface area contributed by atoms with Gasteiger partial charge in [-0.15, -0.1) is 11.3 Å². The second-order valence-electron chi connectivity index (χ2n) is 5.74. The summed E-state index contributed by atoms with van der Waals surface area (Å²) < 4.78 is 3.81. The lowest BCUT2D eigenvalue weighted by molar-refractivity contribution is 0.0958. The highest BCUT2D eigenvalue weighted by Crippen LogP contribution is 2.27. The molecule has 122 valence electrons. The third-order valence-corrected chi connectivity index (χ3v) is 5.20. The van der Waals surface area contributed by atoms with Gasteiger partial charge in [0.2, 0.25) is 0 Å². The van der Waals surface area contributed by atoms with E-state index in [2.05, 4.69) is 15.4 Å². The van der Waals surface area contributed by atoms with Crippen molar-refractivity contribution in [1.82, 2.24) is 24.5 Å². The smallest absolute Gasteiger partial charge is 0.261 e. The Morgan fingerprint density at radius 1 is 1.38 bits per heavy atom. The molecule has 4 aromatic heterocycles. The van der Waals surface area contributed by atoms with Crippen molar-refractivity contribution >= 4 is 33.1 Å². The zero-order chi connectivity index (χ0) is 16.7. The molecule has 4 aromatic rings. The zero-order valence-corrected chi connectivity index (χ0v) is 14.3. The van der Waals surface area contributed by atoms with Gasteiger partial charge in [-0.3, -0.25) is 9.48 Å². The van der Waals surface area contributed by atoms with Crippen LogP contribution in [-0.4, -0.2) is 31.6 Å². The Balaban J connectivity index is 1.42. The molecule has 0 aromatic carbocycles. The molecule has 4 rings (SSSR count). The molecule has 0 saturated carbocycles. The van der Waals surface area contributed by atoms with Crippen LogP contribution in [0.15, 0.2) is 36.7 Å². The van der Waals surface area contributed by atoms with E-state index in [1.807, 2.05) is 59.7 Å². The minimum Gasteiger partial charge on any atom is -0.351 e. The van der Waals surface area contributed by atoms with Crippen molar-refractivity contribution in [2.24, 2.45) is 7.05 Å². The fraction of sp³-hybridized carbons (Fsp3) is 0.235. The fourth-order valence-corrected chi connectivity index (χ4v) is 3.86. The molecule has 0 aliphatic carbocycles. The van der Waals surface area contributed by atoms with Crippen LogP contribution in [-0.2, 0) is 13.5 Å². The molecule has 6 nitrogen and oxygen atoms in total. The van der Waals surface area contributed by atoms with E-state index in [9.17, 15) is 4.79 Å². The first kappa shape index (κ1) is 14.9. The van der Waals surface area contributed by atoms with E-state index >= 15 is 0 Å². The molecular weight excluding hydrogens is 322 g/mol. The normalized spacial score (nSPS) is 11.4. The number of carbonyl (C=O) groups excluding carboxylic acids is 1. The van der Waals surface area contributed by atoms with E-state index in [0.717, 1.165) is 32.1 Å². The van der Waals surface area contributed by atoms with Crippen molar-refractivity contribution in [3.05, 3.63) is 52.9 Å². The molecule has 24 heavy (non-hydrogen) atoms. The Kier molecular flexibility index (Phi) is 3.57. The van der Waals surface area contributed by atoms with Crippen LogP contribution in [0, 0.1) is 6.92 Å². The maximum atomic E-state index is 12.3. The average Bonchev–Trinajstić information content (AvgIpc) is 3.23. The van der Waals surface area contributed by atoms with Crippen molar-refractivity contribution in [3.8, 4) is 0 Å². The van der Waals surface area contributed by atoms with Gasteiger partial charge in [0.05, 0.1) is 16.3 Å². The van der Waals surface area contributed by atoms with Gasteiger partial charge in [0.1, 0.15) is 10.5 Å². The Labute approximate surface area is 142 Å². The third kappa shape index (κ3) is 2.56. The standard InChI is InChI=1S/C17H17N5OS/c1-11-13-9-14(24-17(13)21(2)20-11)16(23)18-7-6-12-10-22-8-4-3-5-15(22)19-12/h3-5,8-10H,6-7H2,1-2H3,(H,18,23). The maximum absolute atomic E-state index is 12.3. The summed E-state index contributed by atoms with van der Waals surface area (Å²) >= 11 is 1.47. The van der Waals surface area contributed by atoms with Crippen LogP contribution >= 0.6 is 11.3 Å². The van der Waals surface area contributed by atoms with Crippen LogP contribution in [0.5, 0.6) is 0 Å². The summed E-state index contributed by atoms with van der Waals surface area (Å²) in [4.78, 5) is 18.6. The van der Waals surface area contributed by atoms with Gasteiger partial charge < -0.3 is 9.72 Å². The minimum atomic E-state index is -0.0423. The van der Waals surface area contributed by atoms with Crippen molar-refractivity contribution in [3.63, 3.8) is 0 Å². The number of thiophene rings is 1. The molecule has 0 saturated heterocycles. The first-order chi connectivity index (χ1) is 11.6. The predicted octanol–water partition coefficient (Wildman–Crippen LogP) is 2.56. The Morgan fingerprint density at radius 2 is 2.25 bits per heavy atom. The molecule has 0 radical (unpaired) electrons. The topological polar surface area (TPSA) is 64.2 Å². The van der Waals surface area contributed by atoms with E-state index in [4.69, 9.17) is 0 Å². The Morgan fingerprint density at radius 3 is 3.04 bits per heavy atom.